The lowest BCUT2D eigenvalue weighted by atomic mass is 9.98. The van der Waals surface area contributed by atoms with Crippen LogP contribution in [0.25, 0.3) is 22.2 Å². The van der Waals surface area contributed by atoms with Gasteiger partial charge in [-0.15, -0.1) is 0 Å². The van der Waals surface area contributed by atoms with E-state index in [9.17, 15) is 0 Å². The predicted molar refractivity (Wildman–Crippen MR) is 105 cm³/mol. The maximum absolute atomic E-state index is 9.14. The monoisotopic (exact) mass is 337 g/mol. The van der Waals surface area contributed by atoms with Crippen molar-refractivity contribution >= 4 is 10.9 Å². The summed E-state index contributed by atoms with van der Waals surface area (Å²) in [5.74, 6) is 0. The molecule has 3 heteroatoms. The molecule has 26 heavy (non-hydrogen) atoms. The van der Waals surface area contributed by atoms with Gasteiger partial charge in [-0.2, -0.15) is 5.26 Å². The molecule has 0 aliphatic heterocycles. The normalized spacial score (nSPS) is 10.8. The third-order valence-electron chi connectivity index (χ3n) is 4.86. The summed E-state index contributed by atoms with van der Waals surface area (Å²) in [6, 6.07) is 22.6. The molecule has 126 valence electrons. The van der Waals surface area contributed by atoms with Crippen molar-refractivity contribution in [3.8, 4) is 17.3 Å². The molecule has 2 aromatic carbocycles. The molecule has 0 fully saturated rings. The summed E-state index contributed by atoms with van der Waals surface area (Å²) in [6.45, 7) is 4.28. The molecule has 0 atom stereocenters. The Morgan fingerprint density at radius 2 is 1.73 bits per heavy atom. The highest BCUT2D eigenvalue weighted by Gasteiger charge is 2.15. The van der Waals surface area contributed by atoms with E-state index < -0.39 is 0 Å². The van der Waals surface area contributed by atoms with Crippen LogP contribution in [0.5, 0.6) is 0 Å². The first-order chi connectivity index (χ1) is 12.7. The number of pyridine rings is 1. The van der Waals surface area contributed by atoms with Crippen molar-refractivity contribution in [1.29, 1.82) is 5.26 Å². The zero-order valence-electron chi connectivity index (χ0n) is 14.9. The molecule has 0 aliphatic carbocycles. The Hall–Kier alpha value is -3.38. The fraction of sp³-hybridized carbons (Fsp3) is 0.130. The lowest BCUT2D eigenvalue weighted by molar-refractivity contribution is 1.07. The van der Waals surface area contributed by atoms with Crippen molar-refractivity contribution in [2.24, 2.45) is 0 Å². The minimum atomic E-state index is 0.454. The van der Waals surface area contributed by atoms with E-state index in [1.165, 1.54) is 22.1 Å². The second-order valence-electron chi connectivity index (χ2n) is 6.63. The zero-order chi connectivity index (χ0) is 18.1. The van der Waals surface area contributed by atoms with Crippen molar-refractivity contribution in [1.82, 2.24) is 9.97 Å². The minimum Gasteiger partial charge on any atom is -0.354 e. The number of rotatable bonds is 3. The SMILES string of the molecule is Cc1cc2[nH]c(-c3ccccc3)c(Cc3cccc(C#N)n3)c2cc1C. The summed E-state index contributed by atoms with van der Waals surface area (Å²) in [6.07, 6.45) is 0.683. The lowest BCUT2D eigenvalue weighted by Gasteiger charge is -2.06. The number of hydrogen-bond acceptors (Lipinski definition) is 2. The summed E-state index contributed by atoms with van der Waals surface area (Å²) >= 11 is 0. The number of nitrogens with zero attached hydrogens (tertiary/aromatic N) is 2. The number of hydrogen-bond donors (Lipinski definition) is 1. The average molecular weight is 337 g/mol. The predicted octanol–water partition coefficient (Wildman–Crippen LogP) is 5.31. The lowest BCUT2D eigenvalue weighted by Crippen LogP contribution is -1.95. The van der Waals surface area contributed by atoms with E-state index in [1.807, 2.05) is 18.2 Å². The fourth-order valence-corrected chi connectivity index (χ4v) is 3.37. The van der Waals surface area contributed by atoms with Crippen LogP contribution >= 0.6 is 0 Å². The molecule has 2 heterocycles. The molecular weight excluding hydrogens is 318 g/mol. The molecule has 1 N–H and O–H groups in total. The number of aryl methyl sites for hydroxylation is 2. The number of nitrogens with one attached hydrogen (secondary N) is 1. The largest absolute Gasteiger partial charge is 0.354 e. The van der Waals surface area contributed by atoms with Gasteiger partial charge in [0.05, 0.1) is 5.69 Å². The average Bonchev–Trinajstić information content (AvgIpc) is 3.00. The Morgan fingerprint density at radius 1 is 0.962 bits per heavy atom. The van der Waals surface area contributed by atoms with Crippen molar-refractivity contribution in [2.45, 2.75) is 20.3 Å². The molecule has 0 bridgehead atoms. The van der Waals surface area contributed by atoms with E-state index in [4.69, 9.17) is 5.26 Å². The first kappa shape index (κ1) is 16.1. The van der Waals surface area contributed by atoms with E-state index in [-0.39, 0.29) is 0 Å². The molecule has 4 rings (SSSR count). The van der Waals surface area contributed by atoms with Crippen LogP contribution in [0.2, 0.25) is 0 Å². The highest BCUT2D eigenvalue weighted by molar-refractivity contribution is 5.92. The Labute approximate surface area is 153 Å². The summed E-state index contributed by atoms with van der Waals surface area (Å²) in [4.78, 5) is 8.08. The zero-order valence-corrected chi connectivity index (χ0v) is 14.9. The summed E-state index contributed by atoms with van der Waals surface area (Å²) in [7, 11) is 0. The quantitative estimate of drug-likeness (QED) is 0.551. The minimum absolute atomic E-state index is 0.454. The van der Waals surface area contributed by atoms with Crippen LogP contribution in [0, 0.1) is 25.2 Å². The highest BCUT2D eigenvalue weighted by Crippen LogP contribution is 2.33. The third-order valence-corrected chi connectivity index (χ3v) is 4.86. The summed E-state index contributed by atoms with van der Waals surface area (Å²) in [5.41, 5.74) is 8.54. The van der Waals surface area contributed by atoms with Gasteiger partial charge < -0.3 is 4.98 Å². The van der Waals surface area contributed by atoms with Crippen molar-refractivity contribution in [3.05, 3.63) is 88.7 Å². The van der Waals surface area contributed by atoms with E-state index >= 15 is 0 Å². The smallest absolute Gasteiger partial charge is 0.140 e. The van der Waals surface area contributed by atoms with Gasteiger partial charge in [0.15, 0.2) is 0 Å². The second kappa shape index (κ2) is 6.50. The summed E-state index contributed by atoms with van der Waals surface area (Å²) in [5, 5.41) is 10.4. The molecule has 4 aromatic rings. The molecule has 2 aromatic heterocycles. The van der Waals surface area contributed by atoms with Gasteiger partial charge in [0.2, 0.25) is 0 Å². The van der Waals surface area contributed by atoms with Crippen LogP contribution in [0.15, 0.2) is 60.7 Å². The maximum atomic E-state index is 9.14. The first-order valence-corrected chi connectivity index (χ1v) is 8.69. The number of H-pyrrole nitrogens is 1. The van der Waals surface area contributed by atoms with E-state index in [0.29, 0.717) is 12.1 Å². The van der Waals surface area contributed by atoms with E-state index in [1.54, 1.807) is 6.07 Å². The van der Waals surface area contributed by atoms with Gasteiger partial charge in [-0.25, -0.2) is 4.98 Å². The molecule has 0 spiro atoms. The van der Waals surface area contributed by atoms with Gasteiger partial charge >= 0.3 is 0 Å². The van der Waals surface area contributed by atoms with E-state index in [2.05, 4.69) is 66.3 Å². The molecular formula is C23H19N3. The molecule has 0 radical (unpaired) electrons. The highest BCUT2D eigenvalue weighted by atomic mass is 14.7. The van der Waals surface area contributed by atoms with Crippen LogP contribution in [-0.4, -0.2) is 9.97 Å². The second-order valence-corrected chi connectivity index (χ2v) is 6.63. The molecule has 0 saturated heterocycles. The Balaban J connectivity index is 1.93. The molecule has 0 saturated carbocycles. The fourth-order valence-electron chi connectivity index (χ4n) is 3.37. The maximum Gasteiger partial charge on any atom is 0.140 e. The first-order valence-electron chi connectivity index (χ1n) is 8.69. The number of nitriles is 1. The Kier molecular flexibility index (Phi) is 4.02. The van der Waals surface area contributed by atoms with Crippen LogP contribution in [-0.2, 0) is 6.42 Å². The molecule has 0 aliphatic rings. The van der Waals surface area contributed by atoms with E-state index in [0.717, 1.165) is 22.5 Å². The summed E-state index contributed by atoms with van der Waals surface area (Å²) < 4.78 is 0. The van der Waals surface area contributed by atoms with Gasteiger partial charge in [-0.3, -0.25) is 0 Å². The Bertz CT molecular complexity index is 1130. The van der Waals surface area contributed by atoms with Crippen LogP contribution < -0.4 is 0 Å². The number of fused-ring (bicyclic) bond motifs is 1. The molecule has 0 amide bonds. The van der Waals surface area contributed by atoms with Gasteiger partial charge in [0.25, 0.3) is 0 Å². The van der Waals surface area contributed by atoms with Gasteiger partial charge in [-0.1, -0.05) is 36.4 Å². The Morgan fingerprint density at radius 3 is 2.50 bits per heavy atom. The third kappa shape index (κ3) is 2.87. The van der Waals surface area contributed by atoms with Crippen molar-refractivity contribution < 1.29 is 0 Å². The number of benzene rings is 2. The van der Waals surface area contributed by atoms with Gasteiger partial charge in [0, 0.05) is 23.0 Å². The van der Waals surface area contributed by atoms with Gasteiger partial charge in [0.1, 0.15) is 11.8 Å². The van der Waals surface area contributed by atoms with Crippen LogP contribution in [0.3, 0.4) is 0 Å². The number of aromatic nitrogens is 2. The standard InChI is InChI=1S/C23H19N3/c1-15-11-20-21(13-18-9-6-10-19(14-24)25-18)23(17-7-4-3-5-8-17)26-22(20)12-16(15)2/h3-12,26H,13H2,1-2H3. The van der Waals surface area contributed by atoms with Crippen LogP contribution in [0.1, 0.15) is 28.1 Å². The van der Waals surface area contributed by atoms with Crippen molar-refractivity contribution in [2.75, 3.05) is 0 Å². The topological polar surface area (TPSA) is 52.5 Å². The van der Waals surface area contributed by atoms with Gasteiger partial charge in [-0.05, 0) is 60.4 Å². The molecule has 0 unspecified atom stereocenters. The molecule has 3 nitrogen and oxygen atoms in total. The number of aromatic amines is 1. The van der Waals surface area contributed by atoms with Crippen molar-refractivity contribution in [3.63, 3.8) is 0 Å². The van der Waals surface area contributed by atoms with Crippen LogP contribution in [0.4, 0.5) is 0 Å².